The second kappa shape index (κ2) is 4.82. The second-order valence-corrected chi connectivity index (χ2v) is 6.33. The largest absolute Gasteiger partial charge is 0.0890 e. The first-order valence-electron chi connectivity index (χ1n) is 5.73. The van der Waals surface area contributed by atoms with Gasteiger partial charge < -0.3 is 0 Å². The van der Waals surface area contributed by atoms with Crippen LogP contribution in [0.3, 0.4) is 0 Å². The highest BCUT2D eigenvalue weighted by Crippen LogP contribution is 2.46. The van der Waals surface area contributed by atoms with Crippen molar-refractivity contribution in [2.24, 2.45) is 11.3 Å². The summed E-state index contributed by atoms with van der Waals surface area (Å²) >= 11 is 3.75. The van der Waals surface area contributed by atoms with E-state index in [1.165, 1.54) is 38.5 Å². The number of hydrogen-bond acceptors (Lipinski definition) is 0. The Morgan fingerprint density at radius 3 is 2.38 bits per heavy atom. The summed E-state index contributed by atoms with van der Waals surface area (Å²) in [5.41, 5.74) is 0.644. The highest BCUT2D eigenvalue weighted by atomic mass is 79.9. The van der Waals surface area contributed by atoms with E-state index in [1.807, 2.05) is 0 Å². The van der Waals surface area contributed by atoms with Crippen molar-refractivity contribution in [3.8, 4) is 0 Å². The molecule has 1 heteroatoms. The summed E-state index contributed by atoms with van der Waals surface area (Å²) in [6.45, 7) is 7.14. The van der Waals surface area contributed by atoms with Gasteiger partial charge in [-0.15, -0.1) is 0 Å². The highest BCUT2D eigenvalue weighted by molar-refractivity contribution is 9.09. The van der Waals surface area contributed by atoms with Gasteiger partial charge in [0.2, 0.25) is 0 Å². The Bertz CT molecular complexity index is 151. The zero-order valence-electron chi connectivity index (χ0n) is 9.28. The maximum Gasteiger partial charge on any atom is 0.0151 e. The molecule has 1 aliphatic rings. The van der Waals surface area contributed by atoms with Crippen LogP contribution in [-0.4, -0.2) is 4.83 Å². The predicted molar refractivity (Wildman–Crippen MR) is 63.4 cm³/mol. The van der Waals surface area contributed by atoms with Gasteiger partial charge in [-0.2, -0.15) is 0 Å². The normalized spacial score (nSPS) is 34.4. The Balaban J connectivity index is 2.42. The van der Waals surface area contributed by atoms with E-state index in [9.17, 15) is 0 Å². The fourth-order valence-corrected chi connectivity index (χ4v) is 3.71. The monoisotopic (exact) mass is 246 g/mol. The van der Waals surface area contributed by atoms with Crippen molar-refractivity contribution in [1.82, 2.24) is 0 Å². The van der Waals surface area contributed by atoms with E-state index in [4.69, 9.17) is 0 Å². The zero-order chi connectivity index (χ0) is 9.90. The topological polar surface area (TPSA) is 0 Å². The molecule has 2 atom stereocenters. The Morgan fingerprint density at radius 2 is 2.00 bits per heavy atom. The molecular formula is C12H23Br. The standard InChI is InChI=1S/C12H23Br/c1-4-10(5-2)8-12(3)7-6-11(13)9-12/h10-11H,4-9H2,1-3H3. The lowest BCUT2D eigenvalue weighted by Gasteiger charge is -2.28. The van der Waals surface area contributed by atoms with Crippen LogP contribution in [0.25, 0.3) is 0 Å². The van der Waals surface area contributed by atoms with E-state index in [2.05, 4.69) is 36.7 Å². The van der Waals surface area contributed by atoms with Crippen LogP contribution in [-0.2, 0) is 0 Å². The van der Waals surface area contributed by atoms with Gasteiger partial charge in [0.25, 0.3) is 0 Å². The maximum atomic E-state index is 3.75. The van der Waals surface area contributed by atoms with E-state index in [-0.39, 0.29) is 0 Å². The van der Waals surface area contributed by atoms with Gasteiger partial charge in [-0.05, 0) is 37.0 Å². The molecule has 78 valence electrons. The quantitative estimate of drug-likeness (QED) is 0.628. The minimum absolute atomic E-state index is 0.644. The zero-order valence-corrected chi connectivity index (χ0v) is 10.9. The van der Waals surface area contributed by atoms with E-state index >= 15 is 0 Å². The van der Waals surface area contributed by atoms with Crippen molar-refractivity contribution in [1.29, 1.82) is 0 Å². The fourth-order valence-electron chi connectivity index (χ4n) is 2.70. The van der Waals surface area contributed by atoms with Crippen molar-refractivity contribution in [3.05, 3.63) is 0 Å². The molecule has 1 aliphatic carbocycles. The third-order valence-electron chi connectivity index (χ3n) is 3.71. The van der Waals surface area contributed by atoms with Gasteiger partial charge >= 0.3 is 0 Å². The summed E-state index contributed by atoms with van der Waals surface area (Å²) in [4.78, 5) is 0.798. The van der Waals surface area contributed by atoms with Gasteiger partial charge in [0, 0.05) is 4.83 Å². The number of rotatable bonds is 4. The summed E-state index contributed by atoms with van der Waals surface area (Å²) in [7, 11) is 0. The molecule has 0 saturated heterocycles. The molecule has 0 aliphatic heterocycles. The fraction of sp³-hybridized carbons (Fsp3) is 1.00. The van der Waals surface area contributed by atoms with Crippen molar-refractivity contribution >= 4 is 15.9 Å². The van der Waals surface area contributed by atoms with Gasteiger partial charge in [-0.1, -0.05) is 49.5 Å². The average Bonchev–Trinajstić information content (AvgIpc) is 2.43. The SMILES string of the molecule is CCC(CC)CC1(C)CCC(Br)C1. The Morgan fingerprint density at radius 1 is 1.38 bits per heavy atom. The average molecular weight is 247 g/mol. The molecule has 0 bridgehead atoms. The van der Waals surface area contributed by atoms with E-state index in [0.29, 0.717) is 5.41 Å². The Kier molecular flexibility index (Phi) is 4.28. The van der Waals surface area contributed by atoms with Crippen molar-refractivity contribution in [2.45, 2.75) is 64.1 Å². The van der Waals surface area contributed by atoms with Crippen LogP contribution in [0, 0.1) is 11.3 Å². The first-order chi connectivity index (χ1) is 6.09. The first kappa shape index (κ1) is 11.6. The van der Waals surface area contributed by atoms with Gasteiger partial charge in [-0.3, -0.25) is 0 Å². The molecule has 0 aromatic rings. The van der Waals surface area contributed by atoms with Gasteiger partial charge in [0.05, 0.1) is 0 Å². The smallest absolute Gasteiger partial charge is 0.0151 e. The highest BCUT2D eigenvalue weighted by Gasteiger charge is 2.34. The summed E-state index contributed by atoms with van der Waals surface area (Å²) in [6.07, 6.45) is 8.37. The third kappa shape index (κ3) is 3.27. The molecule has 2 unspecified atom stereocenters. The molecule has 0 spiro atoms. The van der Waals surface area contributed by atoms with E-state index in [1.54, 1.807) is 0 Å². The van der Waals surface area contributed by atoms with Gasteiger partial charge in [-0.25, -0.2) is 0 Å². The van der Waals surface area contributed by atoms with Crippen molar-refractivity contribution < 1.29 is 0 Å². The summed E-state index contributed by atoms with van der Waals surface area (Å²) in [5.74, 6) is 0.961. The molecule has 1 fully saturated rings. The number of halogens is 1. The third-order valence-corrected chi connectivity index (χ3v) is 4.49. The minimum Gasteiger partial charge on any atom is -0.0890 e. The van der Waals surface area contributed by atoms with Gasteiger partial charge in [0.1, 0.15) is 0 Å². The Labute approximate surface area is 91.6 Å². The van der Waals surface area contributed by atoms with Crippen LogP contribution in [0.5, 0.6) is 0 Å². The van der Waals surface area contributed by atoms with E-state index in [0.717, 1.165) is 10.7 Å². The van der Waals surface area contributed by atoms with Crippen LogP contribution in [0.2, 0.25) is 0 Å². The molecule has 0 amide bonds. The lowest BCUT2D eigenvalue weighted by molar-refractivity contribution is 0.238. The Hall–Kier alpha value is 0.480. The summed E-state index contributed by atoms with van der Waals surface area (Å²) < 4.78 is 0. The first-order valence-corrected chi connectivity index (χ1v) is 6.65. The maximum absolute atomic E-state index is 3.75. The minimum atomic E-state index is 0.644. The van der Waals surface area contributed by atoms with Crippen LogP contribution in [0.15, 0.2) is 0 Å². The molecule has 1 saturated carbocycles. The second-order valence-electron chi connectivity index (χ2n) is 5.04. The lowest BCUT2D eigenvalue weighted by atomic mass is 9.78. The molecule has 0 N–H and O–H groups in total. The lowest BCUT2D eigenvalue weighted by Crippen LogP contribution is -2.17. The van der Waals surface area contributed by atoms with Gasteiger partial charge in [0.15, 0.2) is 0 Å². The molecule has 0 nitrogen and oxygen atoms in total. The van der Waals surface area contributed by atoms with Crippen LogP contribution < -0.4 is 0 Å². The van der Waals surface area contributed by atoms with E-state index < -0.39 is 0 Å². The predicted octanol–water partition coefficient (Wildman–Crippen LogP) is 4.77. The molecule has 0 aromatic carbocycles. The van der Waals surface area contributed by atoms with Crippen LogP contribution in [0.4, 0.5) is 0 Å². The molecule has 0 aromatic heterocycles. The van der Waals surface area contributed by atoms with Crippen LogP contribution >= 0.6 is 15.9 Å². The molecule has 1 rings (SSSR count). The van der Waals surface area contributed by atoms with Crippen molar-refractivity contribution in [3.63, 3.8) is 0 Å². The summed E-state index contributed by atoms with van der Waals surface area (Å²) in [6, 6.07) is 0. The van der Waals surface area contributed by atoms with Crippen LogP contribution in [0.1, 0.15) is 59.3 Å². The number of hydrogen-bond donors (Lipinski definition) is 0. The molecule has 0 heterocycles. The number of alkyl halides is 1. The summed E-state index contributed by atoms with van der Waals surface area (Å²) in [5, 5.41) is 0. The molecule has 0 radical (unpaired) electrons. The van der Waals surface area contributed by atoms with Crippen molar-refractivity contribution in [2.75, 3.05) is 0 Å². The molecular weight excluding hydrogens is 224 g/mol. The molecule has 13 heavy (non-hydrogen) atoms.